The van der Waals surface area contributed by atoms with Crippen LogP contribution in [0.2, 0.25) is 0 Å². The monoisotopic (exact) mass is 490 g/mol. The lowest BCUT2D eigenvalue weighted by atomic mass is 9.84. The van der Waals surface area contributed by atoms with Gasteiger partial charge < -0.3 is 24.4 Å². The lowest BCUT2D eigenvalue weighted by Gasteiger charge is -2.40. The van der Waals surface area contributed by atoms with Crippen LogP contribution in [0.15, 0.2) is 24.3 Å². The van der Waals surface area contributed by atoms with E-state index in [1.54, 1.807) is 0 Å². The van der Waals surface area contributed by atoms with E-state index in [0.29, 0.717) is 19.6 Å². The van der Waals surface area contributed by atoms with Crippen LogP contribution in [0.25, 0.3) is 0 Å². The zero-order chi connectivity index (χ0) is 25.4. The highest BCUT2D eigenvalue weighted by molar-refractivity contribution is 5.78. The molecule has 0 aromatic heterocycles. The number of likely N-dealkylation sites (tertiary alicyclic amines) is 1. The van der Waals surface area contributed by atoms with Gasteiger partial charge in [0.25, 0.3) is 0 Å². The quantitative estimate of drug-likeness (QED) is 0.241. The van der Waals surface area contributed by atoms with Gasteiger partial charge in [0.1, 0.15) is 11.5 Å². The fraction of sp³-hybridized carbons (Fsp3) is 0.714. The number of nitrogens with one attached hydrogen (secondary N) is 1. The van der Waals surface area contributed by atoms with Crippen LogP contribution < -0.4 is 14.8 Å². The Morgan fingerprint density at radius 1 is 0.943 bits per heavy atom. The van der Waals surface area contributed by atoms with Gasteiger partial charge in [-0.15, -0.1) is 0 Å². The highest BCUT2D eigenvalue weighted by Gasteiger charge is 2.37. The van der Waals surface area contributed by atoms with Gasteiger partial charge >= 0.3 is 5.97 Å². The molecule has 1 aliphatic rings. The van der Waals surface area contributed by atoms with Crippen LogP contribution in [-0.2, 0) is 14.3 Å². The Hall–Kier alpha value is -2.28. The van der Waals surface area contributed by atoms with Crippen molar-refractivity contribution in [2.75, 3.05) is 40.0 Å². The molecule has 1 heterocycles. The standard InChI is InChI=1S/C28H46N2O5/c1-4-6-7-10-20-34-24-13-12-14-25(22-24)35-21-11-8-9-15-26(31)29-28(23-27(32)33-5-2)16-18-30(3)19-17-28/h12-14,22H,4-11,15-21,23H2,1-3H3,(H,29,31). The third-order valence-electron chi connectivity index (χ3n) is 6.53. The summed E-state index contributed by atoms with van der Waals surface area (Å²) in [7, 11) is 2.07. The SMILES string of the molecule is CCCCCCOc1cccc(OCCCCCC(=O)NC2(CC(=O)OCC)CCN(C)CC2)c1. The number of hydrogen-bond donors (Lipinski definition) is 1. The third kappa shape index (κ3) is 11.8. The van der Waals surface area contributed by atoms with E-state index in [1.165, 1.54) is 19.3 Å². The Morgan fingerprint density at radius 3 is 2.17 bits per heavy atom. The number of carbonyl (C=O) groups is 2. The van der Waals surface area contributed by atoms with Crippen molar-refractivity contribution in [3.8, 4) is 11.5 Å². The summed E-state index contributed by atoms with van der Waals surface area (Å²) in [4.78, 5) is 27.0. The largest absolute Gasteiger partial charge is 0.493 e. The van der Waals surface area contributed by atoms with Gasteiger partial charge in [-0.25, -0.2) is 0 Å². The molecule has 7 heteroatoms. The molecule has 0 bridgehead atoms. The first-order chi connectivity index (χ1) is 17.0. The van der Waals surface area contributed by atoms with E-state index in [0.717, 1.165) is 69.7 Å². The summed E-state index contributed by atoms with van der Waals surface area (Å²) in [6, 6.07) is 7.81. The van der Waals surface area contributed by atoms with Crippen molar-refractivity contribution < 1.29 is 23.8 Å². The number of hydrogen-bond acceptors (Lipinski definition) is 6. The summed E-state index contributed by atoms with van der Waals surface area (Å²) in [5, 5.41) is 3.18. The molecule has 7 nitrogen and oxygen atoms in total. The maximum Gasteiger partial charge on any atom is 0.308 e. The molecule has 1 aromatic carbocycles. The van der Waals surface area contributed by atoms with E-state index in [4.69, 9.17) is 14.2 Å². The Balaban J connectivity index is 1.65. The number of nitrogens with zero attached hydrogens (tertiary/aromatic N) is 1. The van der Waals surface area contributed by atoms with Crippen LogP contribution in [0.5, 0.6) is 11.5 Å². The van der Waals surface area contributed by atoms with Gasteiger partial charge in [-0.05, 0) is 64.6 Å². The Morgan fingerprint density at radius 2 is 1.57 bits per heavy atom. The molecule has 0 saturated carbocycles. The number of rotatable bonds is 17. The van der Waals surface area contributed by atoms with E-state index in [1.807, 2.05) is 31.2 Å². The van der Waals surface area contributed by atoms with E-state index >= 15 is 0 Å². The second-order valence-corrected chi connectivity index (χ2v) is 9.66. The average Bonchev–Trinajstić information content (AvgIpc) is 2.83. The number of unbranched alkanes of at least 4 members (excludes halogenated alkanes) is 5. The fourth-order valence-electron chi connectivity index (χ4n) is 4.37. The first-order valence-electron chi connectivity index (χ1n) is 13.5. The van der Waals surface area contributed by atoms with Gasteiger partial charge in [0.15, 0.2) is 0 Å². The molecular formula is C28H46N2O5. The number of benzene rings is 1. The van der Waals surface area contributed by atoms with Crippen molar-refractivity contribution in [1.82, 2.24) is 10.2 Å². The first-order valence-corrected chi connectivity index (χ1v) is 13.5. The van der Waals surface area contributed by atoms with Crippen molar-refractivity contribution in [2.45, 2.75) is 90.0 Å². The highest BCUT2D eigenvalue weighted by atomic mass is 16.5. The summed E-state index contributed by atoms with van der Waals surface area (Å²) < 4.78 is 16.9. The molecule has 1 amide bonds. The van der Waals surface area contributed by atoms with Gasteiger partial charge in [-0.1, -0.05) is 32.3 Å². The van der Waals surface area contributed by atoms with E-state index < -0.39 is 5.54 Å². The molecule has 2 rings (SSSR count). The molecule has 1 aromatic rings. The van der Waals surface area contributed by atoms with Gasteiger partial charge in [0.05, 0.1) is 31.8 Å². The summed E-state index contributed by atoms with van der Waals surface area (Å²) in [5.74, 6) is 1.45. The van der Waals surface area contributed by atoms with Crippen molar-refractivity contribution in [3.05, 3.63) is 24.3 Å². The molecule has 1 aliphatic heterocycles. The molecule has 35 heavy (non-hydrogen) atoms. The van der Waals surface area contributed by atoms with Crippen LogP contribution in [0.4, 0.5) is 0 Å². The number of carbonyl (C=O) groups excluding carboxylic acids is 2. The maximum atomic E-state index is 12.7. The summed E-state index contributed by atoms with van der Waals surface area (Å²) in [6.45, 7) is 7.45. The van der Waals surface area contributed by atoms with E-state index in [9.17, 15) is 9.59 Å². The Labute approximate surface area is 211 Å². The number of piperidine rings is 1. The Kier molecular flexibility index (Phi) is 13.6. The van der Waals surface area contributed by atoms with Crippen molar-refractivity contribution in [2.24, 2.45) is 0 Å². The second kappa shape index (κ2) is 16.4. The summed E-state index contributed by atoms with van der Waals surface area (Å²) in [6.07, 6.45) is 9.59. The van der Waals surface area contributed by atoms with Crippen LogP contribution in [-0.4, -0.2) is 62.3 Å². The molecule has 0 radical (unpaired) electrons. The van der Waals surface area contributed by atoms with Gasteiger partial charge in [-0.2, -0.15) is 0 Å². The fourth-order valence-corrected chi connectivity index (χ4v) is 4.37. The molecule has 198 valence electrons. The lowest BCUT2D eigenvalue weighted by molar-refractivity contribution is -0.145. The van der Waals surface area contributed by atoms with Crippen LogP contribution >= 0.6 is 0 Å². The van der Waals surface area contributed by atoms with Crippen molar-refractivity contribution >= 4 is 11.9 Å². The minimum atomic E-state index is -0.484. The summed E-state index contributed by atoms with van der Waals surface area (Å²) in [5.41, 5.74) is -0.484. The molecule has 1 saturated heterocycles. The zero-order valence-electron chi connectivity index (χ0n) is 22.1. The lowest BCUT2D eigenvalue weighted by Crippen LogP contribution is -2.55. The number of ether oxygens (including phenoxy) is 3. The summed E-state index contributed by atoms with van der Waals surface area (Å²) >= 11 is 0. The Bertz CT molecular complexity index is 747. The predicted octanol–water partition coefficient (Wildman–Crippen LogP) is 5.12. The highest BCUT2D eigenvalue weighted by Crippen LogP contribution is 2.26. The van der Waals surface area contributed by atoms with E-state index in [2.05, 4.69) is 24.2 Å². The normalized spacial score (nSPS) is 15.4. The van der Waals surface area contributed by atoms with Gasteiger partial charge in [0, 0.05) is 25.6 Å². The minimum absolute atomic E-state index is 0.0172. The third-order valence-corrected chi connectivity index (χ3v) is 6.53. The van der Waals surface area contributed by atoms with Crippen LogP contribution in [0.3, 0.4) is 0 Å². The van der Waals surface area contributed by atoms with Gasteiger partial charge in [-0.3, -0.25) is 9.59 Å². The smallest absolute Gasteiger partial charge is 0.308 e. The van der Waals surface area contributed by atoms with Crippen LogP contribution in [0.1, 0.15) is 84.5 Å². The van der Waals surface area contributed by atoms with Crippen LogP contribution in [0, 0.1) is 0 Å². The molecule has 0 aliphatic carbocycles. The second-order valence-electron chi connectivity index (χ2n) is 9.66. The molecule has 0 unspecified atom stereocenters. The molecule has 1 fully saturated rings. The zero-order valence-corrected chi connectivity index (χ0v) is 22.1. The number of amides is 1. The minimum Gasteiger partial charge on any atom is -0.493 e. The van der Waals surface area contributed by atoms with E-state index in [-0.39, 0.29) is 18.3 Å². The maximum absolute atomic E-state index is 12.7. The topological polar surface area (TPSA) is 77.1 Å². The average molecular weight is 491 g/mol. The first kappa shape index (κ1) is 29.0. The molecule has 0 spiro atoms. The molecule has 0 atom stereocenters. The number of esters is 1. The van der Waals surface area contributed by atoms with Crippen molar-refractivity contribution in [3.63, 3.8) is 0 Å². The van der Waals surface area contributed by atoms with Gasteiger partial charge in [0.2, 0.25) is 5.91 Å². The molecular weight excluding hydrogens is 444 g/mol. The predicted molar refractivity (Wildman–Crippen MR) is 139 cm³/mol. The van der Waals surface area contributed by atoms with Crippen molar-refractivity contribution in [1.29, 1.82) is 0 Å². The molecule has 1 N–H and O–H groups in total.